The molecule has 2 aromatic carbocycles. The minimum atomic E-state index is -1.41. The van der Waals surface area contributed by atoms with Crippen LogP contribution in [0.2, 0.25) is 0 Å². The van der Waals surface area contributed by atoms with Gasteiger partial charge in [0.1, 0.15) is 33.6 Å². The van der Waals surface area contributed by atoms with E-state index in [1.807, 2.05) is 18.0 Å². The number of halogens is 2. The number of thiazole rings is 1. The zero-order valence-electron chi connectivity index (χ0n) is 23.8. The van der Waals surface area contributed by atoms with Crippen molar-refractivity contribution in [2.24, 2.45) is 5.41 Å². The number of amides is 1. The van der Waals surface area contributed by atoms with Crippen molar-refractivity contribution in [3.63, 3.8) is 0 Å². The van der Waals surface area contributed by atoms with Crippen molar-refractivity contribution in [2.45, 2.75) is 32.7 Å². The van der Waals surface area contributed by atoms with E-state index >= 15 is 4.39 Å². The first kappa shape index (κ1) is 27.6. The highest BCUT2D eigenvalue weighted by molar-refractivity contribution is 7.16. The number of nitriles is 1. The third kappa shape index (κ3) is 4.50. The Kier molecular flexibility index (Phi) is 6.22. The zero-order valence-corrected chi connectivity index (χ0v) is 24.6. The number of pyridine rings is 1. The van der Waals surface area contributed by atoms with Crippen LogP contribution in [0.15, 0.2) is 36.4 Å². The molecule has 0 atom stereocenters. The molecule has 4 aromatic rings. The van der Waals surface area contributed by atoms with Crippen LogP contribution in [0.1, 0.15) is 30.0 Å². The first-order valence-electron chi connectivity index (χ1n) is 13.9. The summed E-state index contributed by atoms with van der Waals surface area (Å²) in [4.78, 5) is 27.8. The minimum absolute atomic E-state index is 0.0681. The van der Waals surface area contributed by atoms with Gasteiger partial charge in [-0.3, -0.25) is 4.79 Å². The van der Waals surface area contributed by atoms with Crippen LogP contribution in [-0.2, 0) is 22.7 Å². The van der Waals surface area contributed by atoms with Crippen LogP contribution in [0.25, 0.3) is 22.2 Å². The molecule has 0 unspecified atom stereocenters. The number of rotatable bonds is 5. The van der Waals surface area contributed by atoms with Gasteiger partial charge >= 0.3 is 0 Å². The fourth-order valence-electron chi connectivity index (χ4n) is 6.33. The molecule has 12 heteroatoms. The summed E-state index contributed by atoms with van der Waals surface area (Å²) in [5.74, 6) is -1.11. The number of fused-ring (bicyclic) bond motifs is 2. The van der Waals surface area contributed by atoms with Crippen molar-refractivity contribution in [1.29, 1.82) is 5.26 Å². The highest BCUT2D eigenvalue weighted by Crippen LogP contribution is 2.46. The fourth-order valence-corrected chi connectivity index (χ4v) is 7.19. The topological polar surface area (TPSA) is 106 Å². The van der Waals surface area contributed by atoms with E-state index in [0.717, 1.165) is 5.56 Å². The van der Waals surface area contributed by atoms with Gasteiger partial charge in [-0.25, -0.2) is 18.7 Å². The van der Waals surface area contributed by atoms with Crippen LogP contribution < -0.4 is 9.80 Å². The Morgan fingerprint density at radius 3 is 2.53 bits per heavy atom. The van der Waals surface area contributed by atoms with E-state index in [1.54, 1.807) is 17.0 Å². The number of aliphatic hydroxyl groups is 1. The van der Waals surface area contributed by atoms with E-state index in [0.29, 0.717) is 76.5 Å². The van der Waals surface area contributed by atoms with Gasteiger partial charge in [-0.15, -0.1) is 0 Å². The molecule has 0 bridgehead atoms. The Hall–Kier alpha value is -4.18. The Morgan fingerprint density at radius 1 is 1.14 bits per heavy atom. The second-order valence-corrected chi connectivity index (χ2v) is 13.1. The van der Waals surface area contributed by atoms with Crippen molar-refractivity contribution in [3.05, 3.63) is 64.2 Å². The number of benzene rings is 2. The molecular weight excluding hydrogens is 574 g/mol. The van der Waals surface area contributed by atoms with Crippen LogP contribution in [-0.4, -0.2) is 64.7 Å². The van der Waals surface area contributed by atoms with Crippen molar-refractivity contribution in [1.82, 2.24) is 14.9 Å². The SMILES string of the molecule is CN(c1nc(-c2ccc(F)cc2)c(C#N)s1)c1c2c(nc3c(F)cc(N4CC5(CN(C(=O)C(C)(C)O)C5)C4)cc13)COC2. The molecule has 2 aromatic heterocycles. The van der Waals surface area contributed by atoms with Gasteiger partial charge in [-0.2, -0.15) is 5.26 Å². The summed E-state index contributed by atoms with van der Waals surface area (Å²) < 4.78 is 35.0. The summed E-state index contributed by atoms with van der Waals surface area (Å²) in [6, 6.07) is 11.5. The van der Waals surface area contributed by atoms with Crippen molar-refractivity contribution in [3.8, 4) is 17.3 Å². The summed E-state index contributed by atoms with van der Waals surface area (Å²) in [5, 5.41) is 21.1. The van der Waals surface area contributed by atoms with E-state index in [1.165, 1.54) is 43.4 Å². The number of likely N-dealkylation sites (tertiary alicyclic amines) is 1. The highest BCUT2D eigenvalue weighted by Gasteiger charge is 2.54. The molecule has 1 N–H and O–H groups in total. The van der Waals surface area contributed by atoms with Gasteiger partial charge < -0.3 is 24.5 Å². The maximum atomic E-state index is 15.7. The average molecular weight is 603 g/mol. The molecule has 2 saturated heterocycles. The summed E-state index contributed by atoms with van der Waals surface area (Å²) >= 11 is 1.20. The number of carbonyl (C=O) groups excluding carboxylic acids is 1. The normalized spacial score (nSPS) is 17.0. The van der Waals surface area contributed by atoms with E-state index < -0.39 is 11.4 Å². The van der Waals surface area contributed by atoms with E-state index in [-0.39, 0.29) is 29.3 Å². The van der Waals surface area contributed by atoms with Crippen molar-refractivity contribution < 1.29 is 23.4 Å². The molecule has 7 rings (SSSR count). The van der Waals surface area contributed by atoms with Gasteiger partial charge in [-0.05, 0) is 50.2 Å². The van der Waals surface area contributed by atoms with Crippen LogP contribution in [0.5, 0.6) is 0 Å². The maximum Gasteiger partial charge on any atom is 0.253 e. The molecule has 9 nitrogen and oxygen atoms in total. The monoisotopic (exact) mass is 602 g/mol. The third-order valence-electron chi connectivity index (χ3n) is 8.41. The quantitative estimate of drug-likeness (QED) is 0.350. The van der Waals surface area contributed by atoms with Crippen LogP contribution >= 0.6 is 11.3 Å². The molecule has 220 valence electrons. The molecule has 0 radical (unpaired) electrons. The number of hydrogen-bond donors (Lipinski definition) is 1. The summed E-state index contributed by atoms with van der Waals surface area (Å²) in [5.41, 5.74) is 2.75. The van der Waals surface area contributed by atoms with Gasteiger partial charge in [-0.1, -0.05) is 11.3 Å². The Balaban J connectivity index is 1.24. The largest absolute Gasteiger partial charge is 0.381 e. The number of nitrogens with zero attached hydrogens (tertiary/aromatic N) is 6. The molecule has 1 spiro atoms. The van der Waals surface area contributed by atoms with Gasteiger partial charge in [0.25, 0.3) is 5.91 Å². The van der Waals surface area contributed by atoms with Gasteiger partial charge in [0, 0.05) is 60.8 Å². The summed E-state index contributed by atoms with van der Waals surface area (Å²) in [6.45, 7) is 6.01. The molecular formula is C31H28F2N6O3S. The summed E-state index contributed by atoms with van der Waals surface area (Å²) in [6.07, 6.45) is 0. The molecule has 3 aliphatic rings. The third-order valence-corrected chi connectivity index (χ3v) is 9.44. The Morgan fingerprint density at radius 2 is 1.86 bits per heavy atom. The second kappa shape index (κ2) is 9.67. The molecule has 43 heavy (non-hydrogen) atoms. The predicted octanol–water partition coefficient (Wildman–Crippen LogP) is 4.73. The number of aromatic nitrogens is 2. The van der Waals surface area contributed by atoms with Crippen molar-refractivity contribution >= 4 is 44.7 Å². The number of hydrogen-bond acceptors (Lipinski definition) is 9. The molecule has 3 aliphatic heterocycles. The van der Waals surface area contributed by atoms with E-state index in [2.05, 4.69) is 16.0 Å². The van der Waals surface area contributed by atoms with Crippen LogP contribution in [0, 0.1) is 28.4 Å². The standard InChI is InChI=1S/C31H28F2N6O3S/c1-30(2,41)28(40)39-15-31(16-39)13-38(14-31)19-8-20-26(22(33)9-19)35-23-12-42-11-21(23)27(20)37(3)29-36-25(24(10-34)43-29)17-4-6-18(32)7-5-17/h4-9,41H,11-16H2,1-3H3. The van der Waals surface area contributed by atoms with Gasteiger partial charge in [0.05, 0.1) is 24.6 Å². The number of ether oxygens (including phenoxy) is 1. The first-order valence-corrected chi connectivity index (χ1v) is 14.7. The van der Waals surface area contributed by atoms with E-state index in [9.17, 15) is 19.6 Å². The molecule has 5 heterocycles. The lowest BCUT2D eigenvalue weighted by atomic mass is 9.72. The molecule has 0 aliphatic carbocycles. The maximum absolute atomic E-state index is 15.7. The average Bonchev–Trinajstić information content (AvgIpc) is 3.57. The number of anilines is 3. The lowest BCUT2D eigenvalue weighted by Crippen LogP contribution is -2.74. The Bertz CT molecular complexity index is 1830. The van der Waals surface area contributed by atoms with Crippen LogP contribution in [0.3, 0.4) is 0 Å². The predicted molar refractivity (Wildman–Crippen MR) is 158 cm³/mol. The second-order valence-electron chi connectivity index (χ2n) is 12.1. The summed E-state index contributed by atoms with van der Waals surface area (Å²) in [7, 11) is 1.83. The van der Waals surface area contributed by atoms with E-state index in [4.69, 9.17) is 9.72 Å². The lowest BCUT2D eigenvalue weighted by Gasteiger charge is -2.61. The lowest BCUT2D eigenvalue weighted by molar-refractivity contribution is -0.162. The van der Waals surface area contributed by atoms with Gasteiger partial charge in [0.15, 0.2) is 10.9 Å². The zero-order chi connectivity index (χ0) is 30.3. The molecule has 2 fully saturated rings. The Labute approximate surface area is 250 Å². The van der Waals surface area contributed by atoms with Gasteiger partial charge in [0.2, 0.25) is 0 Å². The molecule has 1 amide bonds. The molecule has 0 saturated carbocycles. The first-order chi connectivity index (χ1) is 20.5. The minimum Gasteiger partial charge on any atom is -0.381 e. The van der Waals surface area contributed by atoms with Crippen molar-refractivity contribution in [2.75, 3.05) is 43.0 Å². The highest BCUT2D eigenvalue weighted by atomic mass is 32.1. The number of carbonyl (C=O) groups is 1. The fraction of sp³-hybridized carbons (Fsp3) is 0.355. The van der Waals surface area contributed by atoms with Crippen LogP contribution in [0.4, 0.5) is 25.3 Å². The smallest absolute Gasteiger partial charge is 0.253 e.